The van der Waals surface area contributed by atoms with Gasteiger partial charge in [-0.05, 0) is 37.5 Å². The lowest BCUT2D eigenvalue weighted by molar-refractivity contribution is -0.132. The summed E-state index contributed by atoms with van der Waals surface area (Å²) in [6.07, 6.45) is 0.675. The summed E-state index contributed by atoms with van der Waals surface area (Å²) >= 11 is 0. The molecule has 0 unspecified atom stereocenters. The number of halogens is 3. The van der Waals surface area contributed by atoms with Gasteiger partial charge in [-0.2, -0.15) is 14.6 Å². The minimum absolute atomic E-state index is 0.0143. The zero-order valence-electron chi connectivity index (χ0n) is 16.8. The predicted molar refractivity (Wildman–Crippen MR) is 105 cm³/mol. The maximum absolute atomic E-state index is 13.4. The van der Waals surface area contributed by atoms with Gasteiger partial charge < -0.3 is 9.64 Å². The van der Waals surface area contributed by atoms with E-state index in [0.717, 1.165) is 4.52 Å². The first kappa shape index (κ1) is 21.1. The molecule has 1 amide bonds. The summed E-state index contributed by atoms with van der Waals surface area (Å²) in [6.45, 7) is 1.40. The van der Waals surface area contributed by atoms with E-state index in [-0.39, 0.29) is 29.1 Å². The number of carbonyl (C=O) groups is 1. The van der Waals surface area contributed by atoms with Crippen LogP contribution in [0.15, 0.2) is 36.7 Å². The molecule has 10 heteroatoms. The molecule has 3 aromatic rings. The lowest BCUT2D eigenvalue weighted by Crippen LogP contribution is -2.38. The molecule has 2 aromatic heterocycles. The van der Waals surface area contributed by atoms with Crippen LogP contribution in [0.5, 0.6) is 5.75 Å². The summed E-state index contributed by atoms with van der Waals surface area (Å²) in [6, 6.07) is 7.27. The number of hydrogen-bond donors (Lipinski definition) is 0. The monoisotopic (exact) mass is 433 g/mol. The third-order valence-electron chi connectivity index (χ3n) is 5.39. The van der Waals surface area contributed by atoms with Crippen molar-refractivity contribution in [3.8, 4) is 5.75 Å². The molecule has 1 saturated heterocycles. The molecule has 0 saturated carbocycles. The third kappa shape index (κ3) is 4.95. The Labute approximate surface area is 176 Å². The SMILES string of the molecule is O=C(CCCOc1cccc(F)c1)N1CCC(c2cc(C(F)F)n3ncnc3n2)CC1. The van der Waals surface area contributed by atoms with Crippen LogP contribution >= 0.6 is 0 Å². The van der Waals surface area contributed by atoms with Gasteiger partial charge in [0.2, 0.25) is 5.91 Å². The summed E-state index contributed by atoms with van der Waals surface area (Å²) in [5, 5.41) is 3.80. The zero-order valence-corrected chi connectivity index (χ0v) is 16.8. The van der Waals surface area contributed by atoms with E-state index in [2.05, 4.69) is 15.1 Å². The molecule has 0 aliphatic carbocycles. The Hall–Kier alpha value is -3.17. The van der Waals surface area contributed by atoms with E-state index in [1.54, 1.807) is 17.0 Å². The standard InChI is InChI=1S/C21H22F3N5O2/c22-15-3-1-4-16(11-15)31-10-2-5-19(30)28-8-6-14(7-9-28)17-12-18(20(23)24)29-21(27-17)25-13-26-29/h1,3-4,11-14,20H,2,5-10H2. The van der Waals surface area contributed by atoms with Crippen LogP contribution in [0.1, 0.15) is 49.4 Å². The molecule has 4 rings (SSSR count). The molecule has 1 aromatic carbocycles. The summed E-state index contributed by atoms with van der Waals surface area (Å²) in [5.74, 6) is 0.239. The second kappa shape index (κ2) is 9.32. The van der Waals surface area contributed by atoms with Crippen LogP contribution in [0, 0.1) is 5.82 Å². The van der Waals surface area contributed by atoms with E-state index in [1.165, 1.54) is 24.5 Å². The van der Waals surface area contributed by atoms with Gasteiger partial charge in [0, 0.05) is 37.2 Å². The van der Waals surface area contributed by atoms with Gasteiger partial charge in [0.05, 0.1) is 6.61 Å². The fourth-order valence-corrected chi connectivity index (χ4v) is 3.77. The number of amides is 1. The Morgan fingerprint density at radius 2 is 2.03 bits per heavy atom. The zero-order chi connectivity index (χ0) is 21.8. The summed E-state index contributed by atoms with van der Waals surface area (Å²) in [4.78, 5) is 22.6. The van der Waals surface area contributed by atoms with Gasteiger partial charge in [-0.25, -0.2) is 18.2 Å². The van der Waals surface area contributed by atoms with Crippen molar-refractivity contribution < 1.29 is 22.7 Å². The molecule has 164 valence electrons. The Morgan fingerprint density at radius 3 is 2.77 bits per heavy atom. The van der Waals surface area contributed by atoms with Crippen molar-refractivity contribution in [3.05, 3.63) is 53.9 Å². The molecule has 7 nitrogen and oxygen atoms in total. The average Bonchev–Trinajstić information content (AvgIpc) is 3.24. The molecule has 1 fully saturated rings. The van der Waals surface area contributed by atoms with E-state index in [9.17, 15) is 18.0 Å². The molecule has 0 N–H and O–H groups in total. The van der Waals surface area contributed by atoms with Crippen molar-refractivity contribution in [2.24, 2.45) is 0 Å². The van der Waals surface area contributed by atoms with Gasteiger partial charge in [-0.3, -0.25) is 4.79 Å². The first-order valence-corrected chi connectivity index (χ1v) is 10.2. The molecule has 0 bridgehead atoms. The molecule has 1 aliphatic heterocycles. The van der Waals surface area contributed by atoms with Crippen LogP contribution in [0.25, 0.3) is 5.78 Å². The second-order valence-corrected chi connectivity index (χ2v) is 7.44. The summed E-state index contributed by atoms with van der Waals surface area (Å²) in [7, 11) is 0. The van der Waals surface area contributed by atoms with Crippen LogP contribution in [-0.4, -0.2) is 50.1 Å². The maximum atomic E-state index is 13.4. The third-order valence-corrected chi connectivity index (χ3v) is 5.39. The van der Waals surface area contributed by atoms with E-state index >= 15 is 0 Å². The van der Waals surface area contributed by atoms with Crippen molar-refractivity contribution in [3.63, 3.8) is 0 Å². The minimum atomic E-state index is -2.68. The number of carbonyl (C=O) groups excluding carboxylic acids is 1. The highest BCUT2D eigenvalue weighted by Crippen LogP contribution is 2.30. The fraction of sp³-hybridized carbons (Fsp3) is 0.429. The minimum Gasteiger partial charge on any atom is -0.493 e. The van der Waals surface area contributed by atoms with Crippen molar-refractivity contribution in [1.82, 2.24) is 24.5 Å². The quantitative estimate of drug-likeness (QED) is 0.531. The number of benzene rings is 1. The lowest BCUT2D eigenvalue weighted by Gasteiger charge is -2.32. The smallest absolute Gasteiger partial charge is 0.280 e. The molecular formula is C21H22F3N5O2. The number of likely N-dealkylation sites (tertiary alicyclic amines) is 1. The van der Waals surface area contributed by atoms with Gasteiger partial charge in [0.1, 0.15) is 23.6 Å². The van der Waals surface area contributed by atoms with E-state index in [4.69, 9.17) is 4.74 Å². The number of fused-ring (bicyclic) bond motifs is 1. The Balaban J connectivity index is 1.27. The van der Waals surface area contributed by atoms with Crippen LogP contribution < -0.4 is 4.74 Å². The highest BCUT2D eigenvalue weighted by Gasteiger charge is 2.26. The van der Waals surface area contributed by atoms with Crippen molar-refractivity contribution in [2.75, 3.05) is 19.7 Å². The van der Waals surface area contributed by atoms with Crippen LogP contribution in [0.3, 0.4) is 0 Å². The lowest BCUT2D eigenvalue weighted by atomic mass is 9.92. The fourth-order valence-electron chi connectivity index (χ4n) is 3.77. The molecule has 0 radical (unpaired) electrons. The van der Waals surface area contributed by atoms with E-state index in [1.807, 2.05) is 0 Å². The highest BCUT2D eigenvalue weighted by molar-refractivity contribution is 5.76. The largest absolute Gasteiger partial charge is 0.493 e. The number of alkyl halides is 2. The van der Waals surface area contributed by atoms with Crippen LogP contribution in [0.4, 0.5) is 13.2 Å². The average molecular weight is 433 g/mol. The summed E-state index contributed by atoms with van der Waals surface area (Å²) in [5.41, 5.74) is 0.334. The van der Waals surface area contributed by atoms with Gasteiger partial charge >= 0.3 is 0 Å². The number of ether oxygens (including phenoxy) is 1. The number of rotatable bonds is 7. The molecule has 3 heterocycles. The molecule has 0 spiro atoms. The van der Waals surface area contributed by atoms with Gasteiger partial charge in [-0.1, -0.05) is 6.07 Å². The van der Waals surface area contributed by atoms with E-state index in [0.29, 0.717) is 56.8 Å². The second-order valence-electron chi connectivity index (χ2n) is 7.44. The number of hydrogen-bond acceptors (Lipinski definition) is 5. The topological polar surface area (TPSA) is 72.6 Å². The Morgan fingerprint density at radius 1 is 1.23 bits per heavy atom. The number of nitrogens with zero attached hydrogens (tertiary/aromatic N) is 5. The van der Waals surface area contributed by atoms with Gasteiger partial charge in [0.15, 0.2) is 0 Å². The van der Waals surface area contributed by atoms with Crippen molar-refractivity contribution in [1.29, 1.82) is 0 Å². The Kier molecular flexibility index (Phi) is 6.34. The highest BCUT2D eigenvalue weighted by atomic mass is 19.3. The Bertz CT molecular complexity index is 1050. The van der Waals surface area contributed by atoms with Crippen molar-refractivity contribution in [2.45, 2.75) is 38.0 Å². The van der Waals surface area contributed by atoms with Crippen molar-refractivity contribution >= 4 is 11.7 Å². The molecular weight excluding hydrogens is 411 g/mol. The normalized spacial score (nSPS) is 15.0. The molecule has 31 heavy (non-hydrogen) atoms. The number of aromatic nitrogens is 4. The van der Waals surface area contributed by atoms with Crippen LogP contribution in [-0.2, 0) is 4.79 Å². The van der Waals surface area contributed by atoms with Gasteiger partial charge in [-0.15, -0.1) is 0 Å². The predicted octanol–water partition coefficient (Wildman–Crippen LogP) is 3.77. The van der Waals surface area contributed by atoms with Crippen LogP contribution in [0.2, 0.25) is 0 Å². The molecule has 0 atom stereocenters. The van der Waals surface area contributed by atoms with Gasteiger partial charge in [0.25, 0.3) is 12.2 Å². The first-order valence-electron chi connectivity index (χ1n) is 10.2. The van der Waals surface area contributed by atoms with E-state index < -0.39 is 6.43 Å². The molecule has 1 aliphatic rings. The number of piperidine rings is 1. The first-order chi connectivity index (χ1) is 15.0. The summed E-state index contributed by atoms with van der Waals surface area (Å²) < 4.78 is 46.4. The maximum Gasteiger partial charge on any atom is 0.280 e.